The Morgan fingerprint density at radius 2 is 1.93 bits per heavy atom. The molecule has 1 rings (SSSR count). The highest BCUT2D eigenvalue weighted by Crippen LogP contribution is 2.14. The molecule has 0 aliphatic heterocycles. The van der Waals surface area contributed by atoms with Gasteiger partial charge < -0.3 is 10.6 Å². The second-order valence-electron chi connectivity index (χ2n) is 2.99. The number of hydrogen-bond acceptors (Lipinski definition) is 2. The van der Waals surface area contributed by atoms with Crippen molar-refractivity contribution < 1.29 is 4.79 Å². The summed E-state index contributed by atoms with van der Waals surface area (Å²) in [6, 6.07) is 7.48. The lowest BCUT2D eigenvalue weighted by molar-refractivity contribution is -0.121. The van der Waals surface area contributed by atoms with Crippen LogP contribution in [-0.4, -0.2) is 19.0 Å². The third kappa shape index (κ3) is 3.03. The highest BCUT2D eigenvalue weighted by molar-refractivity contribution is 9.10. The maximum absolute atomic E-state index is 11.2. The Morgan fingerprint density at radius 1 is 1.36 bits per heavy atom. The van der Waals surface area contributed by atoms with Crippen LogP contribution in [0.5, 0.6) is 0 Å². The molecule has 0 bridgehead atoms. The summed E-state index contributed by atoms with van der Waals surface area (Å²) < 4.78 is 1.02. The molecular formula is C10H13BrN2O. The molecule has 0 spiro atoms. The Bertz CT molecular complexity index is 310. The minimum absolute atomic E-state index is 0.0204. The fourth-order valence-corrected chi connectivity index (χ4v) is 1.34. The van der Waals surface area contributed by atoms with Crippen LogP contribution in [0.25, 0.3) is 0 Å². The Balaban J connectivity index is 2.60. The molecule has 14 heavy (non-hydrogen) atoms. The summed E-state index contributed by atoms with van der Waals surface area (Å²) in [5, 5.41) is 5.67. The van der Waals surface area contributed by atoms with Crippen molar-refractivity contribution in [1.82, 2.24) is 5.32 Å². The molecule has 0 fully saturated rings. The van der Waals surface area contributed by atoms with E-state index in [0.29, 0.717) is 0 Å². The van der Waals surface area contributed by atoms with E-state index in [0.717, 1.165) is 10.2 Å². The van der Waals surface area contributed by atoms with E-state index in [9.17, 15) is 4.79 Å². The molecule has 0 unspecified atom stereocenters. The third-order valence-corrected chi connectivity index (χ3v) is 2.40. The van der Waals surface area contributed by atoms with Crippen LogP contribution in [0.4, 0.5) is 5.69 Å². The van der Waals surface area contributed by atoms with Gasteiger partial charge in [-0.25, -0.2) is 0 Å². The predicted molar refractivity (Wildman–Crippen MR) is 61.3 cm³/mol. The minimum Gasteiger partial charge on any atom is -0.374 e. The van der Waals surface area contributed by atoms with Crippen molar-refractivity contribution in [3.63, 3.8) is 0 Å². The van der Waals surface area contributed by atoms with Crippen molar-refractivity contribution in [1.29, 1.82) is 0 Å². The van der Waals surface area contributed by atoms with Crippen LogP contribution < -0.4 is 10.6 Å². The SMILES string of the molecule is CNC(=O)[C@H](C)Nc1ccc(Br)cc1. The van der Waals surface area contributed by atoms with Gasteiger partial charge in [0.25, 0.3) is 0 Å². The summed E-state index contributed by atoms with van der Waals surface area (Å²) in [5.41, 5.74) is 0.935. The summed E-state index contributed by atoms with van der Waals surface area (Å²) in [4.78, 5) is 11.2. The van der Waals surface area contributed by atoms with E-state index in [1.54, 1.807) is 7.05 Å². The Kier molecular flexibility index (Phi) is 3.95. The fourth-order valence-electron chi connectivity index (χ4n) is 1.08. The normalized spacial score (nSPS) is 11.9. The molecular weight excluding hydrogens is 244 g/mol. The lowest BCUT2D eigenvalue weighted by atomic mass is 10.2. The standard InChI is InChI=1S/C10H13BrN2O/c1-7(10(14)12-2)13-9-5-3-8(11)4-6-9/h3-7,13H,1-2H3,(H,12,14)/t7-/m0/s1. The average Bonchev–Trinajstić information content (AvgIpc) is 2.20. The van der Waals surface area contributed by atoms with Crippen LogP contribution >= 0.6 is 15.9 Å². The predicted octanol–water partition coefficient (Wildman–Crippen LogP) is 2.00. The zero-order valence-electron chi connectivity index (χ0n) is 8.17. The molecule has 0 aliphatic carbocycles. The molecule has 4 heteroatoms. The number of hydrogen-bond donors (Lipinski definition) is 2. The van der Waals surface area contributed by atoms with Crippen LogP contribution in [-0.2, 0) is 4.79 Å². The zero-order valence-corrected chi connectivity index (χ0v) is 9.76. The van der Waals surface area contributed by atoms with E-state index in [-0.39, 0.29) is 11.9 Å². The summed E-state index contributed by atoms with van der Waals surface area (Å²) in [6.45, 7) is 1.82. The van der Waals surface area contributed by atoms with Crippen molar-refractivity contribution >= 4 is 27.5 Å². The Hall–Kier alpha value is -1.03. The number of likely N-dealkylation sites (N-methyl/N-ethyl adjacent to an activating group) is 1. The second-order valence-corrected chi connectivity index (χ2v) is 3.90. The van der Waals surface area contributed by atoms with E-state index in [4.69, 9.17) is 0 Å². The second kappa shape index (κ2) is 5.00. The van der Waals surface area contributed by atoms with Gasteiger partial charge in [-0.05, 0) is 31.2 Å². The van der Waals surface area contributed by atoms with Crippen LogP contribution in [0.3, 0.4) is 0 Å². The van der Waals surface area contributed by atoms with E-state index < -0.39 is 0 Å². The largest absolute Gasteiger partial charge is 0.374 e. The van der Waals surface area contributed by atoms with Crippen molar-refractivity contribution in [3.05, 3.63) is 28.7 Å². The third-order valence-electron chi connectivity index (χ3n) is 1.87. The molecule has 1 amide bonds. The lowest BCUT2D eigenvalue weighted by Gasteiger charge is -2.13. The first-order valence-electron chi connectivity index (χ1n) is 4.37. The van der Waals surface area contributed by atoms with Gasteiger partial charge in [0.1, 0.15) is 6.04 Å². The maximum atomic E-state index is 11.2. The van der Waals surface area contributed by atoms with Gasteiger partial charge in [-0.3, -0.25) is 4.79 Å². The molecule has 1 aromatic rings. The molecule has 0 radical (unpaired) electrons. The van der Waals surface area contributed by atoms with Gasteiger partial charge in [-0.2, -0.15) is 0 Å². The maximum Gasteiger partial charge on any atom is 0.241 e. The van der Waals surface area contributed by atoms with Crippen LogP contribution in [0, 0.1) is 0 Å². The van der Waals surface area contributed by atoms with Gasteiger partial charge in [0, 0.05) is 17.2 Å². The molecule has 3 nitrogen and oxygen atoms in total. The first-order chi connectivity index (χ1) is 6.63. The zero-order chi connectivity index (χ0) is 10.6. The van der Waals surface area contributed by atoms with Crippen LogP contribution in [0.1, 0.15) is 6.92 Å². The van der Waals surface area contributed by atoms with Crippen LogP contribution in [0.15, 0.2) is 28.7 Å². The number of nitrogens with one attached hydrogen (secondary N) is 2. The van der Waals surface area contributed by atoms with E-state index in [2.05, 4.69) is 26.6 Å². The molecule has 1 atom stereocenters. The number of carbonyl (C=O) groups is 1. The first kappa shape index (κ1) is 11.0. The molecule has 0 saturated heterocycles. The van der Waals surface area contributed by atoms with Gasteiger partial charge in [-0.1, -0.05) is 15.9 Å². The Labute approximate surface area is 92.0 Å². The van der Waals surface area contributed by atoms with Crippen LogP contribution in [0.2, 0.25) is 0 Å². The van der Waals surface area contributed by atoms with Gasteiger partial charge in [-0.15, -0.1) is 0 Å². The number of halogens is 1. The molecule has 0 saturated carbocycles. The molecule has 1 aromatic carbocycles. The smallest absolute Gasteiger partial charge is 0.241 e. The van der Waals surface area contributed by atoms with Gasteiger partial charge in [0.2, 0.25) is 5.91 Å². The van der Waals surface area contributed by atoms with Gasteiger partial charge in [0.05, 0.1) is 0 Å². The summed E-state index contributed by atoms with van der Waals surface area (Å²) in [7, 11) is 1.63. The van der Waals surface area contributed by atoms with Crippen molar-refractivity contribution in [3.8, 4) is 0 Å². The summed E-state index contributed by atoms with van der Waals surface area (Å²) in [6.07, 6.45) is 0. The van der Waals surface area contributed by atoms with E-state index in [1.807, 2.05) is 31.2 Å². The van der Waals surface area contributed by atoms with Crippen molar-refractivity contribution in [2.75, 3.05) is 12.4 Å². The monoisotopic (exact) mass is 256 g/mol. The molecule has 0 heterocycles. The number of amides is 1. The topological polar surface area (TPSA) is 41.1 Å². The minimum atomic E-state index is -0.221. The van der Waals surface area contributed by atoms with Gasteiger partial charge in [0.15, 0.2) is 0 Å². The summed E-state index contributed by atoms with van der Waals surface area (Å²) in [5.74, 6) is -0.0204. The van der Waals surface area contributed by atoms with Gasteiger partial charge >= 0.3 is 0 Å². The number of carbonyl (C=O) groups excluding carboxylic acids is 1. The average molecular weight is 257 g/mol. The molecule has 0 aliphatic rings. The fraction of sp³-hybridized carbons (Fsp3) is 0.300. The number of anilines is 1. The molecule has 2 N–H and O–H groups in total. The highest BCUT2D eigenvalue weighted by Gasteiger charge is 2.09. The Morgan fingerprint density at radius 3 is 2.43 bits per heavy atom. The number of rotatable bonds is 3. The first-order valence-corrected chi connectivity index (χ1v) is 5.16. The lowest BCUT2D eigenvalue weighted by Crippen LogP contribution is -2.35. The molecule has 0 aromatic heterocycles. The molecule has 76 valence electrons. The van der Waals surface area contributed by atoms with Crippen molar-refractivity contribution in [2.45, 2.75) is 13.0 Å². The van der Waals surface area contributed by atoms with E-state index >= 15 is 0 Å². The van der Waals surface area contributed by atoms with E-state index in [1.165, 1.54) is 0 Å². The summed E-state index contributed by atoms with van der Waals surface area (Å²) >= 11 is 3.35. The highest BCUT2D eigenvalue weighted by atomic mass is 79.9. The van der Waals surface area contributed by atoms with Crippen molar-refractivity contribution in [2.24, 2.45) is 0 Å². The number of benzene rings is 1. The quantitative estimate of drug-likeness (QED) is 0.869.